The maximum Gasteiger partial charge on any atom is 0.337 e. The molecule has 128 valence electrons. The predicted molar refractivity (Wildman–Crippen MR) is 105 cm³/mol. The van der Waals surface area contributed by atoms with E-state index in [1.54, 1.807) is 42.7 Å². The Morgan fingerprint density at radius 1 is 1.15 bits per heavy atom. The van der Waals surface area contributed by atoms with Gasteiger partial charge in [0.05, 0.1) is 28.0 Å². The molecule has 2 heterocycles. The summed E-state index contributed by atoms with van der Waals surface area (Å²) in [6, 6.07) is 12.2. The third-order valence-electron chi connectivity index (χ3n) is 3.91. The van der Waals surface area contributed by atoms with Gasteiger partial charge in [0.15, 0.2) is 0 Å². The van der Waals surface area contributed by atoms with Crippen molar-refractivity contribution in [2.45, 2.75) is 0 Å². The predicted octanol–water partition coefficient (Wildman–Crippen LogP) is 5.45. The van der Waals surface area contributed by atoms with Crippen LogP contribution in [0.5, 0.6) is 0 Å². The number of hydrogen-bond donors (Lipinski definition) is 2. The van der Waals surface area contributed by atoms with Gasteiger partial charge in [0.25, 0.3) is 0 Å². The molecule has 0 saturated carbocycles. The van der Waals surface area contributed by atoms with Crippen LogP contribution in [0.15, 0.2) is 60.2 Å². The van der Waals surface area contributed by atoms with Crippen LogP contribution in [-0.4, -0.2) is 21.0 Å². The van der Waals surface area contributed by atoms with Crippen molar-refractivity contribution in [3.8, 4) is 10.6 Å². The van der Waals surface area contributed by atoms with Gasteiger partial charge in [-0.3, -0.25) is 4.98 Å². The molecule has 0 bridgehead atoms. The summed E-state index contributed by atoms with van der Waals surface area (Å²) in [5.74, 6) is -1.000. The molecule has 7 heteroatoms. The molecule has 0 atom stereocenters. The quantitative estimate of drug-likeness (QED) is 0.491. The smallest absolute Gasteiger partial charge is 0.337 e. The van der Waals surface area contributed by atoms with Crippen molar-refractivity contribution in [3.63, 3.8) is 0 Å². The number of nitrogens with one attached hydrogen (secondary N) is 1. The molecule has 0 unspecified atom stereocenters. The van der Waals surface area contributed by atoms with Crippen LogP contribution < -0.4 is 5.32 Å². The first kappa shape index (κ1) is 16.5. The average molecular weight is 382 g/mol. The lowest BCUT2D eigenvalue weighted by atomic mass is 10.1. The molecule has 2 aromatic heterocycles. The lowest BCUT2D eigenvalue weighted by molar-refractivity contribution is 0.0698. The summed E-state index contributed by atoms with van der Waals surface area (Å²) in [4.78, 5) is 20.4. The fourth-order valence-corrected chi connectivity index (χ4v) is 3.56. The second kappa shape index (κ2) is 6.74. The number of aromatic nitrogens is 2. The third kappa shape index (κ3) is 3.00. The van der Waals surface area contributed by atoms with Crippen molar-refractivity contribution in [1.29, 1.82) is 0 Å². The minimum Gasteiger partial charge on any atom is -0.478 e. The van der Waals surface area contributed by atoms with Crippen molar-refractivity contribution in [3.05, 3.63) is 70.8 Å². The zero-order chi connectivity index (χ0) is 18.1. The Balaban J connectivity index is 1.96. The van der Waals surface area contributed by atoms with Crippen LogP contribution >= 0.6 is 22.9 Å². The molecule has 2 N–H and O–H groups in total. The van der Waals surface area contributed by atoms with Crippen molar-refractivity contribution in [1.82, 2.24) is 9.97 Å². The summed E-state index contributed by atoms with van der Waals surface area (Å²) >= 11 is 7.67. The van der Waals surface area contributed by atoms with Gasteiger partial charge in [-0.25, -0.2) is 9.78 Å². The number of thiazole rings is 1. The monoisotopic (exact) mass is 381 g/mol. The molecule has 0 aliphatic rings. The van der Waals surface area contributed by atoms with E-state index in [9.17, 15) is 9.90 Å². The van der Waals surface area contributed by atoms with Crippen molar-refractivity contribution < 1.29 is 9.90 Å². The van der Waals surface area contributed by atoms with Crippen LogP contribution in [0.4, 0.5) is 11.4 Å². The summed E-state index contributed by atoms with van der Waals surface area (Å²) < 4.78 is 0. The number of carboxylic acid groups (broad SMARTS) is 1. The molecule has 0 spiro atoms. The Labute approximate surface area is 157 Å². The van der Waals surface area contributed by atoms with E-state index in [0.29, 0.717) is 10.7 Å². The molecule has 0 saturated heterocycles. The second-order valence-corrected chi connectivity index (χ2v) is 6.85. The fourth-order valence-electron chi connectivity index (χ4n) is 2.73. The van der Waals surface area contributed by atoms with Gasteiger partial charge in [0.1, 0.15) is 5.01 Å². The molecule has 0 aliphatic heterocycles. The van der Waals surface area contributed by atoms with Gasteiger partial charge in [-0.15, -0.1) is 11.3 Å². The highest BCUT2D eigenvalue weighted by atomic mass is 35.5. The summed E-state index contributed by atoms with van der Waals surface area (Å²) in [7, 11) is 0. The van der Waals surface area contributed by atoms with E-state index < -0.39 is 5.97 Å². The number of aromatic carboxylic acids is 1. The SMILES string of the molecule is O=C(O)c1ccccc1Nc1c(-c2nccs2)cnc2ccc(Cl)cc12. The molecule has 2 aromatic carbocycles. The Hall–Kier alpha value is -2.96. The van der Waals surface area contributed by atoms with Crippen LogP contribution in [0.25, 0.3) is 21.5 Å². The second-order valence-electron chi connectivity index (χ2n) is 5.52. The highest BCUT2D eigenvalue weighted by molar-refractivity contribution is 7.13. The number of rotatable bonds is 4. The van der Waals surface area contributed by atoms with E-state index in [-0.39, 0.29) is 5.56 Å². The van der Waals surface area contributed by atoms with Crippen molar-refractivity contribution in [2.24, 2.45) is 0 Å². The Bertz CT molecular complexity index is 1110. The normalized spacial score (nSPS) is 10.8. The molecule has 26 heavy (non-hydrogen) atoms. The zero-order valence-electron chi connectivity index (χ0n) is 13.3. The van der Waals surface area contributed by atoms with Gasteiger partial charge in [-0.2, -0.15) is 0 Å². The van der Waals surface area contributed by atoms with Crippen LogP contribution in [0, 0.1) is 0 Å². The summed E-state index contributed by atoms with van der Waals surface area (Å²) in [6.07, 6.45) is 3.46. The number of para-hydroxylation sites is 1. The maximum absolute atomic E-state index is 11.6. The number of carbonyl (C=O) groups is 1. The Morgan fingerprint density at radius 3 is 2.77 bits per heavy atom. The Kier molecular flexibility index (Phi) is 4.28. The van der Waals surface area contributed by atoms with Gasteiger partial charge >= 0.3 is 5.97 Å². The number of nitrogens with zero attached hydrogens (tertiary/aromatic N) is 2. The molecule has 4 rings (SSSR count). The highest BCUT2D eigenvalue weighted by Gasteiger charge is 2.16. The van der Waals surface area contributed by atoms with Crippen LogP contribution in [0.2, 0.25) is 5.02 Å². The van der Waals surface area contributed by atoms with Crippen molar-refractivity contribution in [2.75, 3.05) is 5.32 Å². The first-order valence-corrected chi connectivity index (χ1v) is 8.97. The van der Waals surface area contributed by atoms with Gasteiger partial charge in [-0.05, 0) is 30.3 Å². The van der Waals surface area contributed by atoms with E-state index in [2.05, 4.69) is 15.3 Å². The van der Waals surface area contributed by atoms with Gasteiger partial charge in [0.2, 0.25) is 0 Å². The number of hydrogen-bond acceptors (Lipinski definition) is 5. The summed E-state index contributed by atoms with van der Waals surface area (Å²) in [6.45, 7) is 0. The highest BCUT2D eigenvalue weighted by Crippen LogP contribution is 2.38. The number of carboxylic acids is 1. The molecule has 0 radical (unpaired) electrons. The third-order valence-corrected chi connectivity index (χ3v) is 4.95. The van der Waals surface area contributed by atoms with Crippen LogP contribution in [-0.2, 0) is 0 Å². The van der Waals surface area contributed by atoms with E-state index in [4.69, 9.17) is 11.6 Å². The first-order valence-electron chi connectivity index (χ1n) is 7.71. The fraction of sp³-hybridized carbons (Fsp3) is 0. The number of fused-ring (bicyclic) bond motifs is 1. The van der Waals surface area contributed by atoms with E-state index in [0.717, 1.165) is 27.2 Å². The maximum atomic E-state index is 11.6. The molecule has 5 nitrogen and oxygen atoms in total. The van der Waals surface area contributed by atoms with E-state index in [1.165, 1.54) is 11.3 Å². The molecule has 0 fully saturated rings. The largest absolute Gasteiger partial charge is 0.478 e. The van der Waals surface area contributed by atoms with Crippen LogP contribution in [0.3, 0.4) is 0 Å². The lowest BCUT2D eigenvalue weighted by Gasteiger charge is -2.15. The van der Waals surface area contributed by atoms with Crippen LogP contribution in [0.1, 0.15) is 10.4 Å². The molecular weight excluding hydrogens is 370 g/mol. The molecule has 4 aromatic rings. The zero-order valence-corrected chi connectivity index (χ0v) is 14.9. The number of halogens is 1. The minimum absolute atomic E-state index is 0.185. The Morgan fingerprint density at radius 2 is 2.00 bits per heavy atom. The number of pyridine rings is 1. The molecule has 0 aliphatic carbocycles. The van der Waals surface area contributed by atoms with E-state index in [1.807, 2.05) is 17.5 Å². The number of benzene rings is 2. The summed E-state index contributed by atoms with van der Waals surface area (Å²) in [5.41, 5.74) is 2.94. The number of anilines is 2. The lowest BCUT2D eigenvalue weighted by Crippen LogP contribution is -2.04. The minimum atomic E-state index is -1.000. The molecular formula is C19H12ClN3O2S. The van der Waals surface area contributed by atoms with E-state index >= 15 is 0 Å². The standard InChI is InChI=1S/C19H12ClN3O2S/c20-11-5-6-15-13(9-11)17(14(10-22-15)18-21-7-8-26-18)23-16-4-2-1-3-12(16)19(24)25/h1-10H,(H,22,23)(H,24,25). The first-order chi connectivity index (χ1) is 12.6. The topological polar surface area (TPSA) is 75.1 Å². The van der Waals surface area contributed by atoms with Gasteiger partial charge < -0.3 is 10.4 Å². The summed E-state index contributed by atoms with van der Waals surface area (Å²) in [5, 5.41) is 16.8. The average Bonchev–Trinajstić information content (AvgIpc) is 3.17. The van der Waals surface area contributed by atoms with Gasteiger partial charge in [-0.1, -0.05) is 23.7 Å². The molecule has 0 amide bonds. The van der Waals surface area contributed by atoms with Crippen molar-refractivity contribution >= 4 is 51.2 Å². The van der Waals surface area contributed by atoms with Gasteiger partial charge in [0, 0.05) is 28.2 Å².